The summed E-state index contributed by atoms with van der Waals surface area (Å²) in [5.74, 6) is 0.0145. The smallest absolute Gasteiger partial charge is 0.246 e. The summed E-state index contributed by atoms with van der Waals surface area (Å²) in [4.78, 5) is 12.0. The molecule has 0 radical (unpaired) electrons. The van der Waals surface area contributed by atoms with E-state index in [1.54, 1.807) is 10.9 Å². The second kappa shape index (κ2) is 5.53. The quantitative estimate of drug-likeness (QED) is 0.799. The van der Waals surface area contributed by atoms with Gasteiger partial charge in [0.1, 0.15) is 6.04 Å². The van der Waals surface area contributed by atoms with Gasteiger partial charge in [0.05, 0.1) is 15.5 Å². The third-order valence-corrected chi connectivity index (χ3v) is 3.84. The van der Waals surface area contributed by atoms with Gasteiger partial charge in [0.25, 0.3) is 0 Å². The topological polar surface area (TPSA) is 59.0 Å². The Bertz CT molecular complexity index is 652. The van der Waals surface area contributed by atoms with Crippen molar-refractivity contribution in [2.45, 2.75) is 19.4 Å². The maximum atomic E-state index is 12.0. The Balaban J connectivity index is 1.91. The molecule has 0 saturated heterocycles. The number of amides is 1. The van der Waals surface area contributed by atoms with Gasteiger partial charge in [-0.15, -0.1) is 0 Å². The first-order valence-corrected chi connectivity index (χ1v) is 7.65. The van der Waals surface area contributed by atoms with Crippen molar-refractivity contribution in [1.82, 2.24) is 15.1 Å². The lowest BCUT2D eigenvalue weighted by atomic mass is 10.1. The molecule has 2 heterocycles. The third kappa shape index (κ3) is 2.45. The van der Waals surface area contributed by atoms with Crippen LogP contribution in [0.3, 0.4) is 0 Å². The standard InChI is InChI=1S/C14H15IN4O/c1-2-5-16-13-11-4-3-10(6-12(11)18-14(13)20)19-8-9(15)7-17-19/h3-4,6-8,13,16H,2,5H2,1H3,(H,18,20). The van der Waals surface area contributed by atoms with Gasteiger partial charge in [0, 0.05) is 17.4 Å². The fourth-order valence-corrected chi connectivity index (χ4v) is 2.71. The van der Waals surface area contributed by atoms with Gasteiger partial charge in [-0.05, 0) is 47.7 Å². The number of hydrogen-bond donors (Lipinski definition) is 2. The van der Waals surface area contributed by atoms with Crippen LogP contribution in [0.15, 0.2) is 30.6 Å². The van der Waals surface area contributed by atoms with E-state index in [1.807, 2.05) is 24.4 Å². The van der Waals surface area contributed by atoms with Crippen LogP contribution in [0.1, 0.15) is 24.9 Å². The molecule has 0 bridgehead atoms. The third-order valence-electron chi connectivity index (χ3n) is 3.28. The number of carbonyl (C=O) groups excluding carboxylic acids is 1. The fraction of sp³-hybridized carbons (Fsp3) is 0.286. The predicted molar refractivity (Wildman–Crippen MR) is 85.9 cm³/mol. The largest absolute Gasteiger partial charge is 0.324 e. The van der Waals surface area contributed by atoms with E-state index in [4.69, 9.17) is 0 Å². The molecule has 1 aromatic carbocycles. The molecule has 104 valence electrons. The van der Waals surface area contributed by atoms with E-state index in [-0.39, 0.29) is 11.9 Å². The van der Waals surface area contributed by atoms with Gasteiger partial charge in [-0.2, -0.15) is 5.10 Å². The number of nitrogens with zero attached hydrogens (tertiary/aromatic N) is 2. The molecule has 1 aliphatic rings. The summed E-state index contributed by atoms with van der Waals surface area (Å²) >= 11 is 2.22. The van der Waals surface area contributed by atoms with Gasteiger partial charge < -0.3 is 10.6 Å². The minimum Gasteiger partial charge on any atom is -0.324 e. The summed E-state index contributed by atoms with van der Waals surface area (Å²) in [6, 6.07) is 5.70. The lowest BCUT2D eigenvalue weighted by Gasteiger charge is -2.10. The molecule has 1 unspecified atom stereocenters. The SMILES string of the molecule is CCCNC1C(=O)Nc2cc(-n3cc(I)cn3)ccc21. The Morgan fingerprint density at radius 3 is 3.05 bits per heavy atom. The number of anilines is 1. The maximum absolute atomic E-state index is 12.0. The van der Waals surface area contributed by atoms with E-state index in [2.05, 4.69) is 45.2 Å². The van der Waals surface area contributed by atoms with Crippen LogP contribution in [0, 0.1) is 3.57 Å². The molecule has 5 nitrogen and oxygen atoms in total. The fourth-order valence-electron chi connectivity index (χ4n) is 2.33. The van der Waals surface area contributed by atoms with Crippen molar-refractivity contribution in [2.24, 2.45) is 0 Å². The van der Waals surface area contributed by atoms with Crippen LogP contribution in [-0.4, -0.2) is 22.2 Å². The normalized spacial score (nSPS) is 17.1. The summed E-state index contributed by atoms with van der Waals surface area (Å²) in [6.45, 7) is 2.92. The average Bonchev–Trinajstić information content (AvgIpc) is 2.99. The molecule has 0 saturated carbocycles. The van der Waals surface area contributed by atoms with Crippen molar-refractivity contribution in [1.29, 1.82) is 0 Å². The molecule has 3 rings (SSSR count). The number of hydrogen-bond acceptors (Lipinski definition) is 3. The number of benzene rings is 1. The lowest BCUT2D eigenvalue weighted by Crippen LogP contribution is -2.27. The second-order valence-electron chi connectivity index (χ2n) is 4.75. The van der Waals surface area contributed by atoms with Gasteiger partial charge in [-0.3, -0.25) is 4.79 Å². The zero-order valence-corrected chi connectivity index (χ0v) is 13.2. The van der Waals surface area contributed by atoms with Crippen LogP contribution in [0.4, 0.5) is 5.69 Å². The van der Waals surface area contributed by atoms with E-state index in [1.165, 1.54) is 0 Å². The summed E-state index contributed by atoms with van der Waals surface area (Å²) in [5, 5.41) is 10.5. The molecule has 20 heavy (non-hydrogen) atoms. The van der Waals surface area contributed by atoms with E-state index in [0.717, 1.165) is 33.5 Å². The molecule has 0 aliphatic carbocycles. The Morgan fingerprint density at radius 1 is 1.50 bits per heavy atom. The van der Waals surface area contributed by atoms with Crippen molar-refractivity contribution < 1.29 is 4.79 Å². The Morgan fingerprint density at radius 2 is 2.35 bits per heavy atom. The number of nitrogens with one attached hydrogen (secondary N) is 2. The van der Waals surface area contributed by atoms with Crippen LogP contribution >= 0.6 is 22.6 Å². The molecule has 1 aliphatic heterocycles. The van der Waals surface area contributed by atoms with Gasteiger partial charge >= 0.3 is 0 Å². The molecule has 1 atom stereocenters. The Labute approximate surface area is 130 Å². The number of carbonyl (C=O) groups is 1. The summed E-state index contributed by atoms with van der Waals surface area (Å²) in [5.41, 5.74) is 2.82. The average molecular weight is 382 g/mol. The van der Waals surface area contributed by atoms with Crippen molar-refractivity contribution in [3.8, 4) is 5.69 Å². The predicted octanol–water partition coefficient (Wildman–Crippen LogP) is 2.47. The van der Waals surface area contributed by atoms with E-state index < -0.39 is 0 Å². The van der Waals surface area contributed by atoms with E-state index in [0.29, 0.717) is 0 Å². The molecule has 6 heteroatoms. The molecule has 1 aromatic heterocycles. The molecular formula is C14H15IN4O. The number of fused-ring (bicyclic) bond motifs is 1. The summed E-state index contributed by atoms with van der Waals surface area (Å²) < 4.78 is 2.88. The van der Waals surface area contributed by atoms with Crippen molar-refractivity contribution in [3.63, 3.8) is 0 Å². The maximum Gasteiger partial charge on any atom is 0.246 e. The highest BCUT2D eigenvalue weighted by Gasteiger charge is 2.29. The molecule has 2 aromatic rings. The van der Waals surface area contributed by atoms with E-state index in [9.17, 15) is 4.79 Å². The first-order valence-electron chi connectivity index (χ1n) is 6.58. The van der Waals surface area contributed by atoms with Crippen LogP contribution in [-0.2, 0) is 4.79 Å². The van der Waals surface area contributed by atoms with Crippen LogP contribution in [0.5, 0.6) is 0 Å². The minimum absolute atomic E-state index is 0.0145. The molecule has 2 N–H and O–H groups in total. The van der Waals surface area contributed by atoms with Gasteiger partial charge in [0.2, 0.25) is 5.91 Å². The van der Waals surface area contributed by atoms with Crippen molar-refractivity contribution in [3.05, 3.63) is 39.7 Å². The number of rotatable bonds is 4. The number of aromatic nitrogens is 2. The summed E-state index contributed by atoms with van der Waals surface area (Å²) in [6.07, 6.45) is 4.76. The molecular weight excluding hydrogens is 367 g/mol. The van der Waals surface area contributed by atoms with Crippen molar-refractivity contribution in [2.75, 3.05) is 11.9 Å². The van der Waals surface area contributed by atoms with Gasteiger partial charge in [-0.1, -0.05) is 13.0 Å². The molecule has 1 amide bonds. The monoisotopic (exact) mass is 382 g/mol. The van der Waals surface area contributed by atoms with Gasteiger partial charge in [0.15, 0.2) is 0 Å². The van der Waals surface area contributed by atoms with Crippen molar-refractivity contribution >= 4 is 34.2 Å². The van der Waals surface area contributed by atoms with Gasteiger partial charge in [-0.25, -0.2) is 4.68 Å². The zero-order chi connectivity index (χ0) is 14.1. The Kier molecular flexibility index (Phi) is 3.75. The second-order valence-corrected chi connectivity index (χ2v) is 6.00. The highest BCUT2D eigenvalue weighted by molar-refractivity contribution is 14.1. The molecule has 0 fully saturated rings. The van der Waals surface area contributed by atoms with Crippen LogP contribution < -0.4 is 10.6 Å². The number of halogens is 1. The highest BCUT2D eigenvalue weighted by Crippen LogP contribution is 2.32. The van der Waals surface area contributed by atoms with Crippen LogP contribution in [0.2, 0.25) is 0 Å². The first kappa shape index (κ1) is 13.6. The highest BCUT2D eigenvalue weighted by atomic mass is 127. The van der Waals surface area contributed by atoms with E-state index >= 15 is 0 Å². The van der Waals surface area contributed by atoms with Crippen LogP contribution in [0.25, 0.3) is 5.69 Å². The Hall–Kier alpha value is -1.41. The molecule has 0 spiro atoms. The summed E-state index contributed by atoms with van der Waals surface area (Å²) in [7, 11) is 0. The lowest BCUT2D eigenvalue weighted by molar-refractivity contribution is -0.117. The first-order chi connectivity index (χ1) is 9.69. The minimum atomic E-state index is -0.239. The zero-order valence-electron chi connectivity index (χ0n) is 11.1.